The number of aryl methyl sites for hydroxylation is 2. The Morgan fingerprint density at radius 3 is 3.07 bits per heavy atom. The molecule has 0 aliphatic rings. The Labute approximate surface area is 83.4 Å². The van der Waals surface area contributed by atoms with Gasteiger partial charge in [-0.25, -0.2) is 13.9 Å². The second-order valence-corrected chi connectivity index (χ2v) is 3.04. The van der Waals surface area contributed by atoms with Gasteiger partial charge in [-0.2, -0.15) is 0 Å². The number of carbonyl (C=O) groups is 1. The summed E-state index contributed by atoms with van der Waals surface area (Å²) in [6, 6.07) is 0. The highest BCUT2D eigenvalue weighted by molar-refractivity contribution is 5.81. The predicted octanol–water partition coefficient (Wildman–Crippen LogP) is 0.432. The summed E-state index contributed by atoms with van der Waals surface area (Å²) >= 11 is 0. The van der Waals surface area contributed by atoms with E-state index in [1.165, 1.54) is 6.08 Å². The number of rotatable bonds is 5. The van der Waals surface area contributed by atoms with Gasteiger partial charge >= 0.3 is 5.97 Å². The van der Waals surface area contributed by atoms with Gasteiger partial charge < -0.3 is 4.74 Å². The highest BCUT2D eigenvalue weighted by Crippen LogP contribution is 1.86. The Morgan fingerprint density at radius 2 is 2.50 bits per heavy atom. The molecule has 1 rings (SSSR count). The van der Waals surface area contributed by atoms with E-state index in [2.05, 4.69) is 6.58 Å². The van der Waals surface area contributed by atoms with Crippen LogP contribution in [0.5, 0.6) is 0 Å². The molecule has 4 nitrogen and oxygen atoms in total. The maximum Gasteiger partial charge on any atom is 0.330 e. The lowest BCUT2D eigenvalue weighted by molar-refractivity contribution is -0.696. The zero-order chi connectivity index (χ0) is 10.4. The van der Waals surface area contributed by atoms with Crippen molar-refractivity contribution in [2.45, 2.75) is 13.0 Å². The first kappa shape index (κ1) is 10.5. The average Bonchev–Trinajstić information content (AvgIpc) is 2.58. The minimum atomic E-state index is -0.358. The summed E-state index contributed by atoms with van der Waals surface area (Å²) in [7, 11) is 1.97. The van der Waals surface area contributed by atoms with Gasteiger partial charge in [0.2, 0.25) is 6.33 Å². The molecule has 1 aromatic rings. The molecule has 0 aromatic carbocycles. The maximum absolute atomic E-state index is 10.7. The van der Waals surface area contributed by atoms with Crippen molar-refractivity contribution in [2.75, 3.05) is 6.61 Å². The van der Waals surface area contributed by atoms with E-state index in [1.54, 1.807) is 0 Å². The normalized spacial score (nSPS) is 9.79. The molecular weight excluding hydrogens is 180 g/mol. The van der Waals surface area contributed by atoms with E-state index in [9.17, 15) is 4.79 Å². The first-order valence-corrected chi connectivity index (χ1v) is 4.52. The smallest absolute Gasteiger partial charge is 0.330 e. The molecular formula is C10H15N2O2+. The van der Waals surface area contributed by atoms with Crippen LogP contribution in [0.2, 0.25) is 0 Å². The molecule has 0 saturated carbocycles. The van der Waals surface area contributed by atoms with Crippen LogP contribution in [-0.4, -0.2) is 17.1 Å². The number of hydrogen-bond donors (Lipinski definition) is 0. The quantitative estimate of drug-likeness (QED) is 0.295. The highest BCUT2D eigenvalue weighted by atomic mass is 16.5. The van der Waals surface area contributed by atoms with Gasteiger partial charge in [-0.3, -0.25) is 0 Å². The van der Waals surface area contributed by atoms with Crippen LogP contribution in [-0.2, 0) is 23.1 Å². The lowest BCUT2D eigenvalue weighted by atomic mass is 10.4. The van der Waals surface area contributed by atoms with Crippen molar-refractivity contribution in [1.82, 2.24) is 4.57 Å². The SMILES string of the molecule is C=CC(=O)OCCC[n+]1ccn(C)c1. The second-order valence-electron chi connectivity index (χ2n) is 3.04. The van der Waals surface area contributed by atoms with E-state index in [-0.39, 0.29) is 5.97 Å². The number of aromatic nitrogens is 2. The van der Waals surface area contributed by atoms with Gasteiger partial charge in [-0.05, 0) is 0 Å². The Kier molecular flexibility index (Phi) is 3.91. The number of imidazole rings is 1. The van der Waals surface area contributed by atoms with E-state index in [4.69, 9.17) is 4.74 Å². The van der Waals surface area contributed by atoms with Crippen LogP contribution in [0.3, 0.4) is 0 Å². The number of ether oxygens (including phenoxy) is 1. The summed E-state index contributed by atoms with van der Waals surface area (Å²) in [5.74, 6) is -0.358. The number of nitrogens with zero attached hydrogens (tertiary/aromatic N) is 2. The number of hydrogen-bond acceptors (Lipinski definition) is 2. The third-order valence-electron chi connectivity index (χ3n) is 1.80. The molecule has 0 N–H and O–H groups in total. The molecule has 0 aliphatic heterocycles. The Morgan fingerprint density at radius 1 is 1.71 bits per heavy atom. The largest absolute Gasteiger partial charge is 0.462 e. The van der Waals surface area contributed by atoms with Crippen LogP contribution >= 0.6 is 0 Å². The molecule has 0 spiro atoms. The molecule has 0 aliphatic carbocycles. The zero-order valence-corrected chi connectivity index (χ0v) is 8.35. The lowest BCUT2D eigenvalue weighted by Crippen LogP contribution is -2.31. The summed E-state index contributed by atoms with van der Waals surface area (Å²) in [6.45, 7) is 4.61. The topological polar surface area (TPSA) is 35.1 Å². The molecule has 0 amide bonds. The highest BCUT2D eigenvalue weighted by Gasteiger charge is 2.00. The van der Waals surface area contributed by atoms with Crippen molar-refractivity contribution in [2.24, 2.45) is 7.05 Å². The van der Waals surface area contributed by atoms with Crippen molar-refractivity contribution >= 4 is 5.97 Å². The van der Waals surface area contributed by atoms with Crippen molar-refractivity contribution in [3.63, 3.8) is 0 Å². The molecule has 0 saturated heterocycles. The maximum atomic E-state index is 10.7. The fraction of sp³-hybridized carbons (Fsp3) is 0.400. The van der Waals surface area contributed by atoms with Gasteiger partial charge in [0.1, 0.15) is 12.4 Å². The fourth-order valence-electron chi connectivity index (χ4n) is 1.11. The van der Waals surface area contributed by atoms with Crippen molar-refractivity contribution in [3.8, 4) is 0 Å². The molecule has 4 heteroatoms. The van der Waals surface area contributed by atoms with Gasteiger partial charge in [-0.15, -0.1) is 0 Å². The standard InChI is InChI=1S/C10H15N2O2/c1-3-10(13)14-8-4-5-12-7-6-11(2)9-12/h3,6-7,9H,1,4-5,8H2,2H3/q+1. The van der Waals surface area contributed by atoms with Gasteiger partial charge in [-0.1, -0.05) is 6.58 Å². The van der Waals surface area contributed by atoms with Crippen molar-refractivity contribution in [1.29, 1.82) is 0 Å². The van der Waals surface area contributed by atoms with Crippen LogP contribution < -0.4 is 4.57 Å². The summed E-state index contributed by atoms with van der Waals surface area (Å²) in [5, 5.41) is 0. The van der Waals surface area contributed by atoms with Gasteiger partial charge in [0.15, 0.2) is 0 Å². The van der Waals surface area contributed by atoms with Gasteiger partial charge in [0, 0.05) is 12.5 Å². The van der Waals surface area contributed by atoms with E-state index in [1.807, 2.05) is 34.9 Å². The van der Waals surface area contributed by atoms with Crippen LogP contribution in [0.4, 0.5) is 0 Å². The predicted molar refractivity (Wildman–Crippen MR) is 51.4 cm³/mol. The van der Waals surface area contributed by atoms with E-state index >= 15 is 0 Å². The first-order chi connectivity index (χ1) is 6.72. The van der Waals surface area contributed by atoms with Crippen LogP contribution in [0.15, 0.2) is 31.4 Å². The van der Waals surface area contributed by atoms with E-state index in [0.717, 1.165) is 13.0 Å². The molecule has 0 unspecified atom stereocenters. The van der Waals surface area contributed by atoms with Gasteiger partial charge in [0.25, 0.3) is 0 Å². The second kappa shape index (κ2) is 5.21. The molecule has 0 atom stereocenters. The molecule has 0 bridgehead atoms. The van der Waals surface area contributed by atoms with E-state index in [0.29, 0.717) is 6.61 Å². The van der Waals surface area contributed by atoms with Crippen LogP contribution in [0, 0.1) is 0 Å². The number of esters is 1. The molecule has 76 valence electrons. The monoisotopic (exact) mass is 195 g/mol. The minimum Gasteiger partial charge on any atom is -0.462 e. The van der Waals surface area contributed by atoms with E-state index < -0.39 is 0 Å². The Balaban J connectivity index is 2.16. The third-order valence-corrected chi connectivity index (χ3v) is 1.80. The molecule has 0 fully saturated rings. The lowest BCUT2D eigenvalue weighted by Gasteiger charge is -1.99. The summed E-state index contributed by atoms with van der Waals surface area (Å²) in [4.78, 5) is 10.7. The third kappa shape index (κ3) is 3.43. The first-order valence-electron chi connectivity index (χ1n) is 4.52. The fourth-order valence-corrected chi connectivity index (χ4v) is 1.11. The Hall–Kier alpha value is -1.58. The summed E-state index contributed by atoms with van der Waals surface area (Å²) in [6.07, 6.45) is 7.92. The molecule has 0 radical (unpaired) electrons. The average molecular weight is 195 g/mol. The summed E-state index contributed by atoms with van der Waals surface area (Å²) in [5.41, 5.74) is 0. The molecule has 1 aromatic heterocycles. The molecule has 1 heterocycles. The zero-order valence-electron chi connectivity index (χ0n) is 8.35. The van der Waals surface area contributed by atoms with Crippen molar-refractivity contribution in [3.05, 3.63) is 31.4 Å². The van der Waals surface area contributed by atoms with Crippen LogP contribution in [0.25, 0.3) is 0 Å². The van der Waals surface area contributed by atoms with Gasteiger partial charge in [0.05, 0.1) is 20.2 Å². The van der Waals surface area contributed by atoms with Crippen molar-refractivity contribution < 1.29 is 14.1 Å². The molecule has 14 heavy (non-hydrogen) atoms. The number of carbonyl (C=O) groups excluding carboxylic acids is 1. The summed E-state index contributed by atoms with van der Waals surface area (Å²) < 4.78 is 8.85. The Bertz CT molecular complexity index is 318. The van der Waals surface area contributed by atoms with Crippen LogP contribution in [0.1, 0.15) is 6.42 Å². The minimum absolute atomic E-state index is 0.358.